The zero-order valence-electron chi connectivity index (χ0n) is 17.1. The zero-order chi connectivity index (χ0) is 21.2. The number of carbonyl (C=O) groups excluding carboxylic acids is 2. The van der Waals surface area contributed by atoms with Gasteiger partial charge in [-0.15, -0.1) is 0 Å². The number of hydrogen-bond acceptors (Lipinski definition) is 6. The molecule has 2 atom stereocenters. The predicted molar refractivity (Wildman–Crippen MR) is 119 cm³/mol. The van der Waals surface area contributed by atoms with Crippen LogP contribution in [0.5, 0.6) is 0 Å². The van der Waals surface area contributed by atoms with Gasteiger partial charge >= 0.3 is 0 Å². The molecule has 0 saturated carbocycles. The molecule has 0 unspecified atom stereocenters. The molecule has 2 amide bonds. The lowest BCUT2D eigenvalue weighted by Gasteiger charge is -2.11. The number of oxazole rings is 1. The van der Waals surface area contributed by atoms with Gasteiger partial charge in [0.25, 0.3) is 0 Å². The van der Waals surface area contributed by atoms with Crippen LogP contribution in [-0.2, 0) is 9.59 Å². The Morgan fingerprint density at radius 1 is 0.871 bits per heavy atom. The van der Waals surface area contributed by atoms with Crippen LogP contribution in [0, 0.1) is 0 Å². The molecule has 8 nitrogen and oxygen atoms in total. The van der Waals surface area contributed by atoms with Crippen LogP contribution in [-0.4, -0.2) is 42.0 Å². The third kappa shape index (κ3) is 4.30. The molecule has 2 aromatic carbocycles. The second-order valence-corrected chi connectivity index (χ2v) is 8.06. The van der Waals surface area contributed by atoms with Gasteiger partial charge < -0.3 is 25.7 Å². The molecule has 160 valence electrons. The Kier molecular flexibility index (Phi) is 5.40. The Balaban J connectivity index is 1.28. The van der Waals surface area contributed by atoms with Crippen LogP contribution < -0.4 is 21.3 Å². The number of anilines is 2. The summed E-state index contributed by atoms with van der Waals surface area (Å²) in [7, 11) is 0. The molecule has 5 rings (SSSR count). The SMILES string of the molecule is O=C(Nc1ccc(-c2nc3cc(NC(=O)[C@@H]4CCCN4)ccc3o2)cc1)[C@@H]1CCCN1. The lowest BCUT2D eigenvalue weighted by atomic mass is 10.2. The minimum Gasteiger partial charge on any atom is -0.436 e. The van der Waals surface area contributed by atoms with E-state index in [1.54, 1.807) is 0 Å². The average molecular weight is 419 g/mol. The van der Waals surface area contributed by atoms with Crippen LogP contribution in [0.3, 0.4) is 0 Å². The number of fused-ring (bicyclic) bond motifs is 1. The molecule has 2 aliphatic rings. The molecule has 1 aromatic heterocycles. The van der Waals surface area contributed by atoms with Gasteiger partial charge in [0.05, 0.1) is 12.1 Å². The summed E-state index contributed by atoms with van der Waals surface area (Å²) < 4.78 is 5.88. The smallest absolute Gasteiger partial charge is 0.241 e. The molecule has 3 aromatic rings. The van der Waals surface area contributed by atoms with Gasteiger partial charge in [0.15, 0.2) is 5.58 Å². The second-order valence-electron chi connectivity index (χ2n) is 8.06. The van der Waals surface area contributed by atoms with Crippen LogP contribution in [0.25, 0.3) is 22.6 Å². The molecule has 2 saturated heterocycles. The van der Waals surface area contributed by atoms with Crippen molar-refractivity contribution in [1.29, 1.82) is 0 Å². The Labute approximate surface area is 179 Å². The fraction of sp³-hybridized carbons (Fsp3) is 0.348. The topological polar surface area (TPSA) is 108 Å². The van der Waals surface area contributed by atoms with Crippen LogP contribution in [0.15, 0.2) is 46.9 Å². The lowest BCUT2D eigenvalue weighted by Crippen LogP contribution is -2.35. The van der Waals surface area contributed by atoms with Crippen molar-refractivity contribution < 1.29 is 14.0 Å². The molecule has 2 aliphatic heterocycles. The molecule has 8 heteroatoms. The van der Waals surface area contributed by atoms with Gasteiger partial charge in [-0.25, -0.2) is 4.98 Å². The summed E-state index contributed by atoms with van der Waals surface area (Å²) in [5.41, 5.74) is 3.58. The Morgan fingerprint density at radius 2 is 1.48 bits per heavy atom. The summed E-state index contributed by atoms with van der Waals surface area (Å²) in [6, 6.07) is 12.6. The Morgan fingerprint density at radius 3 is 2.10 bits per heavy atom. The number of carbonyl (C=O) groups is 2. The number of nitrogens with one attached hydrogen (secondary N) is 4. The molecular formula is C23H25N5O3. The molecule has 0 aliphatic carbocycles. The third-order valence-electron chi connectivity index (χ3n) is 5.81. The summed E-state index contributed by atoms with van der Waals surface area (Å²) in [6.45, 7) is 1.77. The highest BCUT2D eigenvalue weighted by Crippen LogP contribution is 2.27. The van der Waals surface area contributed by atoms with E-state index >= 15 is 0 Å². The quantitative estimate of drug-likeness (QED) is 0.507. The van der Waals surface area contributed by atoms with Crippen LogP contribution in [0.2, 0.25) is 0 Å². The Hall–Kier alpha value is -3.23. The zero-order valence-corrected chi connectivity index (χ0v) is 17.1. The summed E-state index contributed by atoms with van der Waals surface area (Å²) in [5, 5.41) is 12.3. The number of hydrogen-bond donors (Lipinski definition) is 4. The summed E-state index contributed by atoms with van der Waals surface area (Å²) in [5.74, 6) is 0.465. The van der Waals surface area contributed by atoms with E-state index in [-0.39, 0.29) is 23.9 Å². The third-order valence-corrected chi connectivity index (χ3v) is 5.81. The fourth-order valence-electron chi connectivity index (χ4n) is 4.10. The van der Waals surface area contributed by atoms with Gasteiger partial charge in [-0.2, -0.15) is 0 Å². The van der Waals surface area contributed by atoms with Gasteiger partial charge in [-0.3, -0.25) is 9.59 Å². The molecule has 0 radical (unpaired) electrons. The van der Waals surface area contributed by atoms with E-state index in [2.05, 4.69) is 26.3 Å². The van der Waals surface area contributed by atoms with Crippen molar-refractivity contribution in [2.24, 2.45) is 0 Å². The van der Waals surface area contributed by atoms with E-state index in [4.69, 9.17) is 4.42 Å². The minimum atomic E-state index is -0.132. The van der Waals surface area contributed by atoms with Gasteiger partial charge in [-0.1, -0.05) is 0 Å². The number of amides is 2. The molecule has 0 spiro atoms. The molecule has 3 heterocycles. The molecule has 0 bridgehead atoms. The largest absolute Gasteiger partial charge is 0.436 e. The predicted octanol–water partition coefficient (Wildman–Crippen LogP) is 2.88. The van der Waals surface area contributed by atoms with E-state index in [0.29, 0.717) is 22.7 Å². The highest BCUT2D eigenvalue weighted by molar-refractivity contribution is 5.97. The number of benzene rings is 2. The van der Waals surface area contributed by atoms with Crippen LogP contribution in [0.4, 0.5) is 11.4 Å². The first-order valence-electron chi connectivity index (χ1n) is 10.8. The summed E-state index contributed by atoms with van der Waals surface area (Å²) in [4.78, 5) is 29.1. The van der Waals surface area contributed by atoms with Crippen molar-refractivity contribution in [2.45, 2.75) is 37.8 Å². The number of nitrogens with zero attached hydrogens (tertiary/aromatic N) is 1. The van der Waals surface area contributed by atoms with Gasteiger partial charge in [0.1, 0.15) is 5.52 Å². The van der Waals surface area contributed by atoms with E-state index in [1.807, 2.05) is 42.5 Å². The number of rotatable bonds is 5. The monoisotopic (exact) mass is 419 g/mol. The van der Waals surface area contributed by atoms with Crippen LogP contribution in [0.1, 0.15) is 25.7 Å². The van der Waals surface area contributed by atoms with Gasteiger partial charge in [-0.05, 0) is 81.2 Å². The first-order chi connectivity index (χ1) is 15.2. The normalized spacial score (nSPS) is 20.8. The van der Waals surface area contributed by atoms with Crippen molar-refractivity contribution in [1.82, 2.24) is 15.6 Å². The highest BCUT2D eigenvalue weighted by atomic mass is 16.3. The lowest BCUT2D eigenvalue weighted by molar-refractivity contribution is -0.118. The number of aromatic nitrogens is 1. The maximum atomic E-state index is 12.3. The average Bonchev–Trinajstić information content (AvgIpc) is 3.55. The van der Waals surface area contributed by atoms with Gasteiger partial charge in [0, 0.05) is 16.9 Å². The highest BCUT2D eigenvalue weighted by Gasteiger charge is 2.23. The standard InChI is InChI=1S/C23H25N5O3/c29-21(17-3-1-11-24-17)26-15-7-5-14(6-8-15)23-28-19-13-16(9-10-20(19)31-23)27-22(30)18-4-2-12-25-18/h5-10,13,17-18,24-25H,1-4,11-12H2,(H,26,29)(H,27,30)/t17-,18-/m0/s1. The first-order valence-corrected chi connectivity index (χ1v) is 10.8. The molecule has 4 N–H and O–H groups in total. The summed E-state index contributed by atoms with van der Waals surface area (Å²) in [6.07, 6.45) is 3.77. The van der Waals surface area contributed by atoms with E-state index in [9.17, 15) is 9.59 Å². The van der Waals surface area contributed by atoms with E-state index in [0.717, 1.165) is 50.0 Å². The molecule has 31 heavy (non-hydrogen) atoms. The van der Waals surface area contributed by atoms with Crippen LogP contribution >= 0.6 is 0 Å². The second kappa shape index (κ2) is 8.49. The fourth-order valence-corrected chi connectivity index (χ4v) is 4.10. The van der Waals surface area contributed by atoms with E-state index < -0.39 is 0 Å². The van der Waals surface area contributed by atoms with Gasteiger partial charge in [0.2, 0.25) is 17.7 Å². The van der Waals surface area contributed by atoms with E-state index in [1.165, 1.54) is 0 Å². The van der Waals surface area contributed by atoms with Crippen molar-refractivity contribution in [3.8, 4) is 11.5 Å². The van der Waals surface area contributed by atoms with Crippen molar-refractivity contribution in [3.05, 3.63) is 42.5 Å². The van der Waals surface area contributed by atoms with Crippen molar-refractivity contribution >= 4 is 34.3 Å². The molecular weight excluding hydrogens is 394 g/mol. The van der Waals surface area contributed by atoms with Crippen molar-refractivity contribution in [2.75, 3.05) is 23.7 Å². The summed E-state index contributed by atoms with van der Waals surface area (Å²) >= 11 is 0. The maximum Gasteiger partial charge on any atom is 0.241 e. The first kappa shape index (κ1) is 19.7. The minimum absolute atomic E-state index is 0.00510. The maximum absolute atomic E-state index is 12.3. The Bertz CT molecular complexity index is 1100. The van der Waals surface area contributed by atoms with Crippen molar-refractivity contribution in [3.63, 3.8) is 0 Å². The molecule has 2 fully saturated rings.